The highest BCUT2D eigenvalue weighted by Crippen LogP contribution is 2.05. The Morgan fingerprint density at radius 2 is 2.22 bits per heavy atom. The van der Waals surface area contributed by atoms with Gasteiger partial charge in [0.25, 0.3) is 5.91 Å². The normalized spacial score (nSPS) is 10.6. The highest BCUT2D eigenvalue weighted by Gasteiger charge is 2.05. The summed E-state index contributed by atoms with van der Waals surface area (Å²) in [6.07, 6.45) is 0. The summed E-state index contributed by atoms with van der Waals surface area (Å²) >= 11 is 0. The summed E-state index contributed by atoms with van der Waals surface area (Å²) in [5.74, 6) is -0.0950. The minimum absolute atomic E-state index is 0.0950. The molecule has 1 aromatic rings. The van der Waals surface area contributed by atoms with Crippen LogP contribution in [0.5, 0.6) is 0 Å². The van der Waals surface area contributed by atoms with Gasteiger partial charge in [-0.15, -0.1) is 0 Å². The van der Waals surface area contributed by atoms with Gasteiger partial charge in [0.1, 0.15) is 0 Å². The van der Waals surface area contributed by atoms with E-state index in [0.29, 0.717) is 24.4 Å². The van der Waals surface area contributed by atoms with Crippen LogP contribution >= 0.6 is 0 Å². The van der Waals surface area contributed by atoms with Gasteiger partial charge in [0.2, 0.25) is 0 Å². The van der Waals surface area contributed by atoms with Crippen molar-refractivity contribution in [3.05, 3.63) is 29.8 Å². The molecule has 3 N–H and O–H groups in total. The smallest absolute Gasteiger partial charge is 0.251 e. The van der Waals surface area contributed by atoms with Gasteiger partial charge < -0.3 is 20.7 Å². The quantitative estimate of drug-likeness (QED) is 0.696. The molecular weight excluding hydrogens is 230 g/mol. The molecule has 0 radical (unpaired) electrons. The molecule has 0 aliphatic carbocycles. The Morgan fingerprint density at radius 3 is 2.89 bits per heavy atom. The van der Waals surface area contributed by atoms with E-state index < -0.39 is 0 Å². The van der Waals surface area contributed by atoms with Crippen LogP contribution in [0, 0.1) is 0 Å². The third-order valence-corrected chi connectivity index (χ3v) is 2.61. The van der Waals surface area contributed by atoms with Gasteiger partial charge in [-0.2, -0.15) is 0 Å². The predicted molar refractivity (Wildman–Crippen MR) is 72.6 cm³/mol. The van der Waals surface area contributed by atoms with Gasteiger partial charge in [0.05, 0.1) is 6.61 Å². The molecule has 5 heteroatoms. The summed E-state index contributed by atoms with van der Waals surface area (Å²) in [6, 6.07) is 6.95. The van der Waals surface area contributed by atoms with Crippen LogP contribution in [0.4, 0.5) is 5.69 Å². The molecule has 5 nitrogen and oxygen atoms in total. The highest BCUT2D eigenvalue weighted by atomic mass is 16.5. The van der Waals surface area contributed by atoms with Crippen molar-refractivity contribution in [3.63, 3.8) is 0 Å². The number of nitrogens with one attached hydrogen (secondary N) is 1. The van der Waals surface area contributed by atoms with Crippen molar-refractivity contribution in [1.29, 1.82) is 0 Å². The Bertz CT molecular complexity index is 382. The van der Waals surface area contributed by atoms with Crippen LogP contribution in [0.1, 0.15) is 10.4 Å². The van der Waals surface area contributed by atoms with Crippen molar-refractivity contribution in [2.24, 2.45) is 0 Å². The second-order valence-corrected chi connectivity index (χ2v) is 4.18. The summed E-state index contributed by atoms with van der Waals surface area (Å²) in [5, 5.41) is 2.86. The number of nitrogen functional groups attached to an aromatic ring is 1. The number of carbonyl (C=O) groups excluding carboxylic acids is 1. The van der Waals surface area contributed by atoms with E-state index >= 15 is 0 Å². The Balaban J connectivity index is 2.29. The predicted octanol–water partition coefficient (Wildman–Crippen LogP) is 0.577. The zero-order valence-electron chi connectivity index (χ0n) is 11.0. The number of nitrogens with two attached hydrogens (primary N) is 1. The molecule has 0 saturated carbocycles. The maximum absolute atomic E-state index is 11.8. The molecule has 0 unspecified atom stereocenters. The van der Waals surface area contributed by atoms with Gasteiger partial charge in [-0.3, -0.25) is 4.79 Å². The van der Waals surface area contributed by atoms with Gasteiger partial charge in [-0.1, -0.05) is 6.07 Å². The number of anilines is 1. The molecule has 0 heterocycles. The lowest BCUT2D eigenvalue weighted by molar-refractivity contribution is 0.0947. The summed E-state index contributed by atoms with van der Waals surface area (Å²) in [5.41, 5.74) is 6.82. The number of likely N-dealkylation sites (N-methyl/N-ethyl adjacent to an activating group) is 1. The number of nitrogens with zero attached hydrogens (tertiary/aromatic N) is 1. The van der Waals surface area contributed by atoms with E-state index in [2.05, 4.69) is 10.2 Å². The van der Waals surface area contributed by atoms with Crippen LogP contribution in [0.2, 0.25) is 0 Å². The number of rotatable bonds is 7. The van der Waals surface area contributed by atoms with Crippen molar-refractivity contribution >= 4 is 11.6 Å². The molecule has 1 amide bonds. The summed E-state index contributed by atoms with van der Waals surface area (Å²) in [7, 11) is 3.67. The summed E-state index contributed by atoms with van der Waals surface area (Å²) in [6.45, 7) is 2.94. The molecule has 0 bridgehead atoms. The molecule has 100 valence electrons. The average molecular weight is 251 g/mol. The Hall–Kier alpha value is -1.59. The fraction of sp³-hybridized carbons (Fsp3) is 0.462. The van der Waals surface area contributed by atoms with Crippen molar-refractivity contribution in [2.75, 3.05) is 46.1 Å². The first kappa shape index (κ1) is 14.5. The first-order valence-corrected chi connectivity index (χ1v) is 5.94. The van der Waals surface area contributed by atoms with E-state index in [1.54, 1.807) is 31.4 Å². The molecule has 1 rings (SSSR count). The zero-order chi connectivity index (χ0) is 13.4. The number of carbonyl (C=O) groups is 1. The second-order valence-electron chi connectivity index (χ2n) is 4.18. The van der Waals surface area contributed by atoms with E-state index in [1.807, 2.05) is 7.05 Å². The number of hydrogen-bond acceptors (Lipinski definition) is 4. The van der Waals surface area contributed by atoms with Crippen molar-refractivity contribution in [3.8, 4) is 0 Å². The molecule has 0 saturated heterocycles. The minimum atomic E-state index is -0.0950. The van der Waals surface area contributed by atoms with Crippen LogP contribution in [0.25, 0.3) is 0 Å². The maximum Gasteiger partial charge on any atom is 0.251 e. The SMILES string of the molecule is COCCN(C)CCNC(=O)c1cccc(N)c1. The van der Waals surface area contributed by atoms with E-state index in [9.17, 15) is 4.79 Å². The maximum atomic E-state index is 11.8. The minimum Gasteiger partial charge on any atom is -0.399 e. The monoisotopic (exact) mass is 251 g/mol. The van der Waals surface area contributed by atoms with Gasteiger partial charge in [0.15, 0.2) is 0 Å². The molecule has 0 atom stereocenters. The summed E-state index contributed by atoms with van der Waals surface area (Å²) < 4.78 is 4.98. The van der Waals surface area contributed by atoms with E-state index in [0.717, 1.165) is 13.1 Å². The number of amides is 1. The molecule has 0 spiro atoms. The summed E-state index contributed by atoms with van der Waals surface area (Å²) in [4.78, 5) is 13.9. The standard InChI is InChI=1S/C13H21N3O2/c1-16(8-9-18-2)7-6-15-13(17)11-4-3-5-12(14)10-11/h3-5,10H,6-9,14H2,1-2H3,(H,15,17). The molecular formula is C13H21N3O2. The lowest BCUT2D eigenvalue weighted by atomic mass is 10.2. The Morgan fingerprint density at radius 1 is 1.44 bits per heavy atom. The van der Waals surface area contributed by atoms with E-state index in [4.69, 9.17) is 10.5 Å². The van der Waals surface area contributed by atoms with Crippen LogP contribution in [-0.2, 0) is 4.74 Å². The highest BCUT2D eigenvalue weighted by molar-refractivity contribution is 5.94. The van der Waals surface area contributed by atoms with Crippen LogP contribution in [-0.4, -0.2) is 51.2 Å². The molecule has 1 aromatic carbocycles. The van der Waals surface area contributed by atoms with Crippen LogP contribution < -0.4 is 11.1 Å². The number of benzene rings is 1. The Kier molecular flexibility index (Phi) is 6.18. The second kappa shape index (κ2) is 7.68. The number of hydrogen-bond donors (Lipinski definition) is 2. The van der Waals surface area contributed by atoms with Gasteiger partial charge in [-0.25, -0.2) is 0 Å². The average Bonchev–Trinajstić information content (AvgIpc) is 2.36. The lowest BCUT2D eigenvalue weighted by Crippen LogP contribution is -2.34. The molecule has 0 aromatic heterocycles. The lowest BCUT2D eigenvalue weighted by Gasteiger charge is -2.16. The first-order chi connectivity index (χ1) is 8.63. The van der Waals surface area contributed by atoms with Crippen LogP contribution in [0.3, 0.4) is 0 Å². The number of ether oxygens (including phenoxy) is 1. The third kappa shape index (κ3) is 5.16. The molecule has 0 aliphatic heterocycles. The first-order valence-electron chi connectivity index (χ1n) is 5.94. The Labute approximate surface area is 108 Å². The van der Waals surface area contributed by atoms with E-state index in [1.165, 1.54) is 0 Å². The van der Waals surface area contributed by atoms with Crippen LogP contribution in [0.15, 0.2) is 24.3 Å². The van der Waals surface area contributed by atoms with Crippen molar-refractivity contribution < 1.29 is 9.53 Å². The molecule has 0 fully saturated rings. The van der Waals surface area contributed by atoms with E-state index in [-0.39, 0.29) is 5.91 Å². The molecule has 0 aliphatic rings. The van der Waals surface area contributed by atoms with Crippen molar-refractivity contribution in [2.45, 2.75) is 0 Å². The van der Waals surface area contributed by atoms with Crippen molar-refractivity contribution in [1.82, 2.24) is 10.2 Å². The van der Waals surface area contributed by atoms with Gasteiger partial charge >= 0.3 is 0 Å². The largest absolute Gasteiger partial charge is 0.399 e. The number of methoxy groups -OCH3 is 1. The third-order valence-electron chi connectivity index (χ3n) is 2.61. The fourth-order valence-electron chi connectivity index (χ4n) is 1.50. The molecule has 18 heavy (non-hydrogen) atoms. The fourth-order valence-corrected chi connectivity index (χ4v) is 1.50. The topological polar surface area (TPSA) is 67.6 Å². The zero-order valence-corrected chi connectivity index (χ0v) is 11.0. The van der Waals surface area contributed by atoms with Gasteiger partial charge in [0, 0.05) is 38.0 Å². The van der Waals surface area contributed by atoms with Gasteiger partial charge in [-0.05, 0) is 25.2 Å².